The van der Waals surface area contributed by atoms with Crippen LogP contribution in [0.3, 0.4) is 0 Å². The lowest BCUT2D eigenvalue weighted by atomic mass is 10.1. The number of aliphatic hydroxyl groups is 1. The van der Waals surface area contributed by atoms with Gasteiger partial charge in [-0.15, -0.1) is 0 Å². The van der Waals surface area contributed by atoms with Crippen LogP contribution in [0.4, 0.5) is 0 Å². The van der Waals surface area contributed by atoms with E-state index in [0.717, 1.165) is 18.4 Å². The molecule has 1 rings (SSSR count). The maximum absolute atomic E-state index is 11.3. The quantitative estimate of drug-likeness (QED) is 0.770. The Balaban J connectivity index is 3.20. The van der Waals surface area contributed by atoms with Gasteiger partial charge in [0.2, 0.25) is 0 Å². The molecule has 0 bridgehead atoms. The van der Waals surface area contributed by atoms with E-state index in [1.54, 1.807) is 6.92 Å². The van der Waals surface area contributed by atoms with Crippen molar-refractivity contribution in [2.24, 2.45) is 0 Å². The molecular weight excluding hydrogens is 260 g/mol. The highest BCUT2D eigenvalue weighted by Crippen LogP contribution is 2.27. The summed E-state index contributed by atoms with van der Waals surface area (Å²) in [6, 6.07) is 3.34. The van der Waals surface area contributed by atoms with Gasteiger partial charge in [0, 0.05) is 11.8 Å². The Morgan fingerprint density at radius 2 is 2.06 bits per heavy atom. The Hall–Kier alpha value is -1.60. The van der Waals surface area contributed by atoms with Crippen LogP contribution in [-0.4, -0.2) is 37.5 Å². The molecule has 1 aromatic carbocycles. The third-order valence-corrected chi connectivity index (χ3v) is 3.34. The normalized spacial score (nSPS) is 13.1. The van der Waals surface area contributed by atoms with Crippen LogP contribution < -0.4 is 0 Å². The highest BCUT2D eigenvalue weighted by Gasteiger charge is 2.23. The fourth-order valence-electron chi connectivity index (χ4n) is 1.33. The molecule has 0 radical (unpaired) electrons. The second-order valence-electron chi connectivity index (χ2n) is 3.65. The maximum Gasteiger partial charge on any atom is 0.339 e. The Morgan fingerprint density at radius 3 is 2.56 bits per heavy atom. The summed E-state index contributed by atoms with van der Waals surface area (Å²) in [5.41, 5.74) is -0.198. The molecule has 1 atom stereocenters. The molecule has 0 saturated heterocycles. The molecule has 2 N–H and O–H groups in total. The van der Waals surface area contributed by atoms with Gasteiger partial charge in [-0.25, -0.2) is 13.2 Å². The number of rotatable bonds is 4. The minimum Gasteiger partial charge on any atom is -0.508 e. The minimum absolute atomic E-state index is 0.0718. The molecule has 0 fully saturated rings. The van der Waals surface area contributed by atoms with Gasteiger partial charge >= 0.3 is 5.97 Å². The molecule has 7 heteroatoms. The van der Waals surface area contributed by atoms with Crippen molar-refractivity contribution in [1.82, 2.24) is 0 Å². The molecular formula is C11H14O6S. The summed E-state index contributed by atoms with van der Waals surface area (Å²) in [4.78, 5) is 11.2. The Bertz CT molecular complexity index is 549. The Morgan fingerprint density at radius 1 is 1.44 bits per heavy atom. The van der Waals surface area contributed by atoms with Gasteiger partial charge in [0.25, 0.3) is 0 Å². The second-order valence-corrected chi connectivity index (χ2v) is 5.66. The molecule has 0 amide bonds. The van der Waals surface area contributed by atoms with Crippen LogP contribution in [0, 0.1) is 0 Å². The Kier molecular flexibility index (Phi) is 4.31. The van der Waals surface area contributed by atoms with Gasteiger partial charge in [-0.05, 0) is 25.1 Å². The first-order chi connectivity index (χ1) is 8.27. The van der Waals surface area contributed by atoms with E-state index in [-0.39, 0.29) is 22.8 Å². The summed E-state index contributed by atoms with van der Waals surface area (Å²) >= 11 is 0. The van der Waals surface area contributed by atoms with Crippen LogP contribution in [0.25, 0.3) is 0 Å². The van der Waals surface area contributed by atoms with Crippen molar-refractivity contribution in [3.63, 3.8) is 0 Å². The van der Waals surface area contributed by atoms with Crippen molar-refractivity contribution in [2.75, 3.05) is 12.9 Å². The number of hydrogen-bond donors (Lipinski definition) is 2. The number of carbonyl (C=O) groups is 1. The molecule has 1 unspecified atom stereocenters. The fraction of sp³-hybridized carbons (Fsp3) is 0.364. The summed E-state index contributed by atoms with van der Waals surface area (Å²) in [5, 5.41) is 19.2. The zero-order valence-electron chi connectivity index (χ0n) is 9.95. The van der Waals surface area contributed by atoms with Crippen molar-refractivity contribution in [1.29, 1.82) is 0 Å². The van der Waals surface area contributed by atoms with Crippen molar-refractivity contribution in [2.45, 2.75) is 17.9 Å². The molecule has 0 aromatic heterocycles. The molecule has 0 aliphatic rings. The average Bonchev–Trinajstić information content (AvgIpc) is 2.27. The molecule has 18 heavy (non-hydrogen) atoms. The molecule has 0 aliphatic heterocycles. The molecule has 1 aromatic rings. The number of ether oxygens (including phenoxy) is 1. The van der Waals surface area contributed by atoms with Gasteiger partial charge in [-0.3, -0.25) is 0 Å². The lowest BCUT2D eigenvalue weighted by Crippen LogP contribution is -2.16. The SMILES string of the molecule is CCOC(=O)C(O)c1cc(S(C)(=O)=O)ccc1O. The van der Waals surface area contributed by atoms with Crippen molar-refractivity contribution in [3.8, 4) is 5.75 Å². The summed E-state index contributed by atoms with van der Waals surface area (Å²) in [5.74, 6) is -1.32. The van der Waals surface area contributed by atoms with Crippen molar-refractivity contribution < 1.29 is 28.2 Å². The van der Waals surface area contributed by atoms with E-state index in [1.807, 2.05) is 0 Å². The third kappa shape index (κ3) is 3.21. The molecule has 6 nitrogen and oxygen atoms in total. The van der Waals surface area contributed by atoms with E-state index in [4.69, 9.17) is 0 Å². The number of phenolic OH excluding ortho intramolecular Hbond substituents is 1. The van der Waals surface area contributed by atoms with Gasteiger partial charge in [0.15, 0.2) is 15.9 Å². The minimum atomic E-state index is -3.49. The number of benzene rings is 1. The predicted molar refractivity (Wildman–Crippen MR) is 62.8 cm³/mol. The van der Waals surface area contributed by atoms with E-state index >= 15 is 0 Å². The van der Waals surface area contributed by atoms with Crippen LogP contribution in [0.5, 0.6) is 5.75 Å². The first kappa shape index (κ1) is 14.5. The number of aromatic hydroxyl groups is 1. The first-order valence-corrected chi connectivity index (χ1v) is 7.04. The van der Waals surface area contributed by atoms with Crippen LogP contribution >= 0.6 is 0 Å². The average molecular weight is 274 g/mol. The number of carbonyl (C=O) groups excluding carboxylic acids is 1. The number of aliphatic hydroxyl groups excluding tert-OH is 1. The van der Waals surface area contributed by atoms with Crippen LogP contribution in [0.1, 0.15) is 18.6 Å². The van der Waals surface area contributed by atoms with E-state index in [9.17, 15) is 23.4 Å². The lowest BCUT2D eigenvalue weighted by molar-refractivity contribution is -0.153. The largest absolute Gasteiger partial charge is 0.508 e. The highest BCUT2D eigenvalue weighted by molar-refractivity contribution is 7.90. The van der Waals surface area contributed by atoms with Crippen molar-refractivity contribution >= 4 is 15.8 Å². The fourth-order valence-corrected chi connectivity index (χ4v) is 1.99. The zero-order chi connectivity index (χ0) is 13.9. The van der Waals surface area contributed by atoms with E-state index in [2.05, 4.69) is 4.74 Å². The van der Waals surface area contributed by atoms with Gasteiger partial charge in [0.1, 0.15) is 5.75 Å². The van der Waals surface area contributed by atoms with Gasteiger partial charge < -0.3 is 14.9 Å². The predicted octanol–water partition coefficient (Wildman–Crippen LogP) is 0.392. The third-order valence-electron chi connectivity index (χ3n) is 2.23. The smallest absolute Gasteiger partial charge is 0.339 e. The summed E-state index contributed by atoms with van der Waals surface area (Å²) < 4.78 is 27.3. The van der Waals surface area contributed by atoms with Gasteiger partial charge in [-0.2, -0.15) is 0 Å². The molecule has 0 saturated carbocycles. The number of phenols is 1. The van der Waals surface area contributed by atoms with Gasteiger partial charge in [-0.1, -0.05) is 0 Å². The van der Waals surface area contributed by atoms with Gasteiger partial charge in [0.05, 0.1) is 11.5 Å². The lowest BCUT2D eigenvalue weighted by Gasteiger charge is -2.12. The van der Waals surface area contributed by atoms with E-state index < -0.39 is 21.9 Å². The number of hydrogen-bond acceptors (Lipinski definition) is 6. The summed E-state index contributed by atoms with van der Waals surface area (Å²) in [7, 11) is -3.49. The highest BCUT2D eigenvalue weighted by atomic mass is 32.2. The molecule has 0 heterocycles. The summed E-state index contributed by atoms with van der Waals surface area (Å²) in [6.07, 6.45) is -0.730. The molecule has 100 valence electrons. The van der Waals surface area contributed by atoms with Crippen LogP contribution in [0.2, 0.25) is 0 Å². The topological polar surface area (TPSA) is 101 Å². The monoisotopic (exact) mass is 274 g/mol. The van der Waals surface area contributed by atoms with Crippen molar-refractivity contribution in [3.05, 3.63) is 23.8 Å². The molecule has 0 aliphatic carbocycles. The summed E-state index contributed by atoms with van der Waals surface area (Å²) in [6.45, 7) is 1.64. The number of sulfone groups is 1. The zero-order valence-corrected chi connectivity index (χ0v) is 10.8. The van der Waals surface area contributed by atoms with E-state index in [1.165, 1.54) is 6.07 Å². The number of esters is 1. The maximum atomic E-state index is 11.3. The standard InChI is InChI=1S/C11H14O6S/c1-3-17-11(14)10(13)8-6-7(18(2,15)16)4-5-9(8)12/h4-6,10,12-13H,3H2,1-2H3. The Labute approximate surface area is 105 Å². The van der Waals surface area contributed by atoms with Crippen LogP contribution in [0.15, 0.2) is 23.1 Å². The first-order valence-electron chi connectivity index (χ1n) is 5.15. The van der Waals surface area contributed by atoms with E-state index in [0.29, 0.717) is 0 Å². The van der Waals surface area contributed by atoms with Crippen LogP contribution in [-0.2, 0) is 19.4 Å². The second kappa shape index (κ2) is 5.36. The molecule has 0 spiro atoms.